The third kappa shape index (κ3) is 8.36. The monoisotopic (exact) mass is 570 g/mol. The Morgan fingerprint density at radius 1 is 0.952 bits per heavy atom. The van der Waals surface area contributed by atoms with E-state index in [1.165, 1.54) is 37.4 Å². The molecule has 1 unspecified atom stereocenters. The van der Waals surface area contributed by atoms with Crippen LogP contribution in [0.1, 0.15) is 60.6 Å². The van der Waals surface area contributed by atoms with E-state index in [1.54, 1.807) is 17.0 Å². The lowest BCUT2D eigenvalue weighted by atomic mass is 9.99. The van der Waals surface area contributed by atoms with Crippen molar-refractivity contribution in [1.29, 1.82) is 0 Å². The fraction of sp³-hybridized carbons (Fsp3) is 0.455. The van der Waals surface area contributed by atoms with Crippen LogP contribution in [0.15, 0.2) is 67.0 Å². The second-order valence-electron chi connectivity index (χ2n) is 11.2. The van der Waals surface area contributed by atoms with Crippen LogP contribution in [0.2, 0.25) is 0 Å². The van der Waals surface area contributed by atoms with Gasteiger partial charge in [-0.2, -0.15) is 0 Å². The summed E-state index contributed by atoms with van der Waals surface area (Å²) in [5, 5.41) is 2.88. The standard InChI is InChI=1S/C33H42N6O3/c1-2-30-10-4-6-19-39(30)25-26-11-13-27(14-12-26)32(40)36-29-15-16-31(35-24-29)42-33(41)38-22-20-37(21-23-38)18-7-9-28-8-3-5-17-34-28/h3,5,8,11-17,24,30H,2,4,6-7,9-10,18-23,25H2,1H3,(H,36,40). The van der Waals surface area contributed by atoms with E-state index >= 15 is 0 Å². The summed E-state index contributed by atoms with van der Waals surface area (Å²) < 4.78 is 5.50. The van der Waals surface area contributed by atoms with Gasteiger partial charge in [0.25, 0.3) is 5.91 Å². The summed E-state index contributed by atoms with van der Waals surface area (Å²) in [4.78, 5) is 40.7. The summed E-state index contributed by atoms with van der Waals surface area (Å²) in [6.45, 7) is 8.17. The molecule has 0 bridgehead atoms. The average molecular weight is 571 g/mol. The first-order valence-electron chi connectivity index (χ1n) is 15.3. The first kappa shape index (κ1) is 29.7. The van der Waals surface area contributed by atoms with Gasteiger partial charge in [0.2, 0.25) is 5.88 Å². The molecule has 9 heteroatoms. The van der Waals surface area contributed by atoms with Crippen molar-refractivity contribution >= 4 is 17.7 Å². The van der Waals surface area contributed by atoms with Gasteiger partial charge >= 0.3 is 6.09 Å². The van der Waals surface area contributed by atoms with Crippen molar-refractivity contribution < 1.29 is 14.3 Å². The lowest BCUT2D eigenvalue weighted by Crippen LogP contribution is -2.49. The molecule has 1 N–H and O–H groups in total. The average Bonchev–Trinajstić information content (AvgIpc) is 3.03. The number of carbonyl (C=O) groups is 2. The number of aromatic nitrogens is 2. The van der Waals surface area contributed by atoms with Crippen molar-refractivity contribution in [2.75, 3.05) is 44.6 Å². The van der Waals surface area contributed by atoms with Gasteiger partial charge in [-0.25, -0.2) is 9.78 Å². The Balaban J connectivity index is 1.03. The molecular weight excluding hydrogens is 528 g/mol. The van der Waals surface area contributed by atoms with Crippen molar-refractivity contribution in [3.63, 3.8) is 0 Å². The van der Waals surface area contributed by atoms with Gasteiger partial charge in [-0.3, -0.25) is 19.6 Å². The molecule has 9 nitrogen and oxygen atoms in total. The van der Waals surface area contributed by atoms with E-state index in [1.807, 2.05) is 42.6 Å². The van der Waals surface area contributed by atoms with Gasteiger partial charge in [-0.1, -0.05) is 31.5 Å². The number of nitrogens with one attached hydrogen (secondary N) is 1. The summed E-state index contributed by atoms with van der Waals surface area (Å²) in [5.74, 6) is 0.0126. The molecule has 2 aromatic heterocycles. The van der Waals surface area contributed by atoms with Crippen molar-refractivity contribution in [2.45, 2.75) is 58.0 Å². The van der Waals surface area contributed by atoms with E-state index in [-0.39, 0.29) is 11.8 Å². The number of hydrogen-bond acceptors (Lipinski definition) is 7. The van der Waals surface area contributed by atoms with Crippen LogP contribution in [0.3, 0.4) is 0 Å². The zero-order valence-corrected chi connectivity index (χ0v) is 24.6. The van der Waals surface area contributed by atoms with Crippen molar-refractivity contribution in [3.05, 3.63) is 83.8 Å². The molecule has 2 aliphatic heterocycles. The molecule has 1 atom stereocenters. The van der Waals surface area contributed by atoms with Crippen LogP contribution >= 0.6 is 0 Å². The van der Waals surface area contributed by atoms with Crippen LogP contribution in [-0.2, 0) is 13.0 Å². The predicted molar refractivity (Wildman–Crippen MR) is 164 cm³/mol. The SMILES string of the molecule is CCC1CCCCN1Cc1ccc(C(=O)Nc2ccc(OC(=O)N3CCN(CCCc4ccccn4)CC3)nc2)cc1. The molecule has 2 aliphatic rings. The maximum atomic E-state index is 12.8. The Bertz CT molecular complexity index is 1280. The highest BCUT2D eigenvalue weighted by atomic mass is 16.6. The first-order chi connectivity index (χ1) is 20.6. The summed E-state index contributed by atoms with van der Waals surface area (Å²) in [5.41, 5.74) is 3.47. The molecule has 2 fully saturated rings. The number of rotatable bonds is 10. The number of benzene rings is 1. The maximum absolute atomic E-state index is 12.8. The molecule has 42 heavy (non-hydrogen) atoms. The zero-order valence-electron chi connectivity index (χ0n) is 24.6. The van der Waals surface area contributed by atoms with Gasteiger partial charge in [0.15, 0.2) is 0 Å². The van der Waals surface area contributed by atoms with Crippen LogP contribution in [0.4, 0.5) is 10.5 Å². The minimum Gasteiger partial charge on any atom is -0.391 e. The number of likely N-dealkylation sites (tertiary alicyclic amines) is 1. The Morgan fingerprint density at radius 2 is 1.79 bits per heavy atom. The highest BCUT2D eigenvalue weighted by Crippen LogP contribution is 2.22. The number of aryl methyl sites for hydroxylation is 1. The number of anilines is 1. The second kappa shape index (κ2) is 14.9. The molecule has 2 amide bonds. The van der Waals surface area contributed by atoms with Crippen LogP contribution in [0.25, 0.3) is 0 Å². The number of hydrogen-bond donors (Lipinski definition) is 1. The minimum atomic E-state index is -0.401. The van der Waals surface area contributed by atoms with E-state index in [0.717, 1.165) is 51.3 Å². The lowest BCUT2D eigenvalue weighted by Gasteiger charge is -2.35. The third-order valence-corrected chi connectivity index (χ3v) is 8.27. The number of nitrogens with zero attached hydrogens (tertiary/aromatic N) is 5. The first-order valence-corrected chi connectivity index (χ1v) is 15.3. The molecule has 2 saturated heterocycles. The van der Waals surface area contributed by atoms with E-state index in [0.29, 0.717) is 30.4 Å². The van der Waals surface area contributed by atoms with Gasteiger partial charge in [0.05, 0.1) is 11.9 Å². The number of ether oxygens (including phenoxy) is 1. The normalized spacial score (nSPS) is 18.0. The van der Waals surface area contributed by atoms with E-state index in [2.05, 4.69) is 38.1 Å². The molecule has 0 radical (unpaired) electrons. The van der Waals surface area contributed by atoms with Crippen molar-refractivity contribution in [1.82, 2.24) is 24.7 Å². The number of piperidine rings is 1. The third-order valence-electron chi connectivity index (χ3n) is 8.27. The fourth-order valence-corrected chi connectivity index (χ4v) is 5.78. The van der Waals surface area contributed by atoms with Crippen molar-refractivity contribution in [3.8, 4) is 5.88 Å². The number of amides is 2. The van der Waals surface area contributed by atoms with E-state index in [4.69, 9.17) is 4.74 Å². The van der Waals surface area contributed by atoms with Gasteiger partial charge in [-0.05, 0) is 81.1 Å². The summed E-state index contributed by atoms with van der Waals surface area (Å²) in [7, 11) is 0. The molecule has 1 aromatic carbocycles. The van der Waals surface area contributed by atoms with Gasteiger partial charge in [0.1, 0.15) is 0 Å². The van der Waals surface area contributed by atoms with E-state index < -0.39 is 6.09 Å². The fourth-order valence-electron chi connectivity index (χ4n) is 5.78. The topological polar surface area (TPSA) is 90.9 Å². The van der Waals surface area contributed by atoms with Crippen LogP contribution in [0, 0.1) is 0 Å². The van der Waals surface area contributed by atoms with Gasteiger partial charge in [0, 0.05) is 62.3 Å². The van der Waals surface area contributed by atoms with Crippen LogP contribution in [-0.4, -0.2) is 82.0 Å². The number of piperazine rings is 1. The maximum Gasteiger partial charge on any atom is 0.416 e. The molecule has 0 spiro atoms. The lowest BCUT2D eigenvalue weighted by molar-refractivity contribution is 0.102. The van der Waals surface area contributed by atoms with E-state index in [9.17, 15) is 9.59 Å². The number of carbonyl (C=O) groups excluding carboxylic acids is 2. The summed E-state index contributed by atoms with van der Waals surface area (Å²) in [6, 6.07) is 17.8. The highest BCUT2D eigenvalue weighted by Gasteiger charge is 2.23. The number of pyridine rings is 2. The highest BCUT2D eigenvalue weighted by molar-refractivity contribution is 6.04. The molecule has 0 saturated carbocycles. The second-order valence-corrected chi connectivity index (χ2v) is 11.2. The molecule has 3 aromatic rings. The largest absolute Gasteiger partial charge is 0.416 e. The van der Waals surface area contributed by atoms with Crippen LogP contribution < -0.4 is 10.1 Å². The predicted octanol–water partition coefficient (Wildman–Crippen LogP) is 5.24. The van der Waals surface area contributed by atoms with Gasteiger partial charge < -0.3 is 15.0 Å². The minimum absolute atomic E-state index is 0.199. The quantitative estimate of drug-likeness (QED) is 0.356. The Hall–Kier alpha value is -3.82. The van der Waals surface area contributed by atoms with Gasteiger partial charge in [-0.15, -0.1) is 0 Å². The summed E-state index contributed by atoms with van der Waals surface area (Å²) in [6.07, 6.45) is 9.96. The molecule has 4 heterocycles. The molecule has 5 rings (SSSR count). The van der Waals surface area contributed by atoms with Crippen molar-refractivity contribution in [2.24, 2.45) is 0 Å². The molecule has 0 aliphatic carbocycles. The Kier molecular flexibility index (Phi) is 10.5. The Labute approximate surface area is 248 Å². The smallest absolute Gasteiger partial charge is 0.391 e. The molecular formula is C33H42N6O3. The molecule has 222 valence electrons. The van der Waals surface area contributed by atoms with Crippen LogP contribution in [0.5, 0.6) is 5.88 Å². The Morgan fingerprint density at radius 3 is 2.50 bits per heavy atom. The summed E-state index contributed by atoms with van der Waals surface area (Å²) >= 11 is 0. The zero-order chi connectivity index (χ0) is 29.1.